The average Bonchev–Trinajstić information content (AvgIpc) is 3.34. The number of amides is 1. The highest BCUT2D eigenvalue weighted by molar-refractivity contribution is 5.79. The molecule has 1 amide bonds. The van der Waals surface area contributed by atoms with Gasteiger partial charge in [-0.1, -0.05) is 23.3 Å². The first-order chi connectivity index (χ1) is 11.8. The van der Waals surface area contributed by atoms with Crippen molar-refractivity contribution in [3.8, 4) is 5.69 Å². The van der Waals surface area contributed by atoms with Gasteiger partial charge in [0.15, 0.2) is 0 Å². The van der Waals surface area contributed by atoms with E-state index in [1.54, 1.807) is 4.68 Å². The van der Waals surface area contributed by atoms with Crippen LogP contribution in [0, 0.1) is 11.8 Å². The molecule has 2 heterocycles. The average molecular weight is 326 g/mol. The molecule has 1 unspecified atom stereocenters. The van der Waals surface area contributed by atoms with Gasteiger partial charge in [-0.2, -0.15) is 4.68 Å². The van der Waals surface area contributed by atoms with Gasteiger partial charge in [0, 0.05) is 19.6 Å². The SMILES string of the molecule is O=C(NCC1CC1)C1CCCN(c2nnnn2-c2ccccc2)C1. The van der Waals surface area contributed by atoms with E-state index in [0.29, 0.717) is 18.4 Å². The Bertz CT molecular complexity index is 696. The standard InChI is InChI=1S/C17H22N6O/c24-16(18-11-13-8-9-13)14-5-4-10-22(12-14)17-19-20-21-23(17)15-6-2-1-3-7-15/h1-3,6-7,13-14H,4-5,8-12H2,(H,18,24). The summed E-state index contributed by atoms with van der Waals surface area (Å²) >= 11 is 0. The number of para-hydroxylation sites is 1. The summed E-state index contributed by atoms with van der Waals surface area (Å²) in [5, 5.41) is 15.2. The summed E-state index contributed by atoms with van der Waals surface area (Å²) in [6, 6.07) is 9.85. The fourth-order valence-electron chi connectivity index (χ4n) is 3.20. The van der Waals surface area contributed by atoms with Crippen LogP contribution in [0.25, 0.3) is 5.69 Å². The minimum absolute atomic E-state index is 0.0124. The van der Waals surface area contributed by atoms with Crippen LogP contribution in [0.5, 0.6) is 0 Å². The van der Waals surface area contributed by atoms with Crippen LogP contribution in [0.15, 0.2) is 30.3 Å². The van der Waals surface area contributed by atoms with E-state index < -0.39 is 0 Å². The van der Waals surface area contributed by atoms with Crippen molar-refractivity contribution in [3.05, 3.63) is 30.3 Å². The number of benzene rings is 1. The van der Waals surface area contributed by atoms with Crippen LogP contribution in [0.4, 0.5) is 5.95 Å². The molecule has 0 spiro atoms. The van der Waals surface area contributed by atoms with Crippen LogP contribution >= 0.6 is 0 Å². The molecule has 24 heavy (non-hydrogen) atoms. The Morgan fingerprint density at radius 3 is 2.83 bits per heavy atom. The maximum Gasteiger partial charge on any atom is 0.250 e. The Morgan fingerprint density at radius 1 is 1.21 bits per heavy atom. The van der Waals surface area contributed by atoms with E-state index in [4.69, 9.17) is 0 Å². The lowest BCUT2D eigenvalue weighted by atomic mass is 9.97. The summed E-state index contributed by atoms with van der Waals surface area (Å²) in [7, 11) is 0. The third-order valence-corrected chi connectivity index (χ3v) is 4.79. The quantitative estimate of drug-likeness (QED) is 0.899. The highest BCUT2D eigenvalue weighted by atomic mass is 16.1. The van der Waals surface area contributed by atoms with Crippen LogP contribution in [0.2, 0.25) is 0 Å². The van der Waals surface area contributed by atoms with Crippen LogP contribution < -0.4 is 10.2 Å². The minimum atomic E-state index is 0.0124. The molecule has 7 heteroatoms. The Balaban J connectivity index is 1.46. The van der Waals surface area contributed by atoms with E-state index in [1.807, 2.05) is 30.3 Å². The van der Waals surface area contributed by atoms with Crippen LogP contribution in [-0.2, 0) is 4.79 Å². The van der Waals surface area contributed by atoms with Gasteiger partial charge in [0.2, 0.25) is 11.9 Å². The molecule has 2 aliphatic rings. The third kappa shape index (κ3) is 3.25. The van der Waals surface area contributed by atoms with Crippen LogP contribution in [0.3, 0.4) is 0 Å². The Labute approximate surface area is 141 Å². The molecule has 0 bridgehead atoms. The summed E-state index contributed by atoms with van der Waals surface area (Å²) in [6.45, 7) is 2.38. The topological polar surface area (TPSA) is 75.9 Å². The Kier molecular flexibility index (Phi) is 4.15. The molecule has 1 saturated heterocycles. The summed E-state index contributed by atoms with van der Waals surface area (Å²) in [4.78, 5) is 14.5. The monoisotopic (exact) mass is 326 g/mol. The van der Waals surface area contributed by atoms with Gasteiger partial charge in [-0.3, -0.25) is 4.79 Å². The highest BCUT2D eigenvalue weighted by Crippen LogP contribution is 2.28. The van der Waals surface area contributed by atoms with Crippen LogP contribution in [-0.4, -0.2) is 45.7 Å². The van der Waals surface area contributed by atoms with E-state index >= 15 is 0 Å². The maximum atomic E-state index is 12.4. The van der Waals surface area contributed by atoms with Crippen molar-refractivity contribution in [3.63, 3.8) is 0 Å². The first kappa shape index (κ1) is 15.1. The number of aromatic nitrogens is 4. The summed E-state index contributed by atoms with van der Waals surface area (Å²) in [5.41, 5.74) is 0.929. The van der Waals surface area contributed by atoms with Gasteiger partial charge in [0.1, 0.15) is 0 Å². The van der Waals surface area contributed by atoms with Crippen molar-refractivity contribution in [2.75, 3.05) is 24.5 Å². The number of carbonyl (C=O) groups is 1. The predicted octanol–water partition coefficient (Wildman–Crippen LogP) is 1.40. The zero-order chi connectivity index (χ0) is 16.4. The second-order valence-corrected chi connectivity index (χ2v) is 6.70. The summed E-state index contributed by atoms with van der Waals surface area (Å²) in [5.74, 6) is 1.60. The number of piperidine rings is 1. The molecule has 4 rings (SSSR count). The number of hydrogen-bond acceptors (Lipinski definition) is 5. The van der Waals surface area contributed by atoms with Gasteiger partial charge in [0.05, 0.1) is 11.6 Å². The van der Waals surface area contributed by atoms with Crippen molar-refractivity contribution >= 4 is 11.9 Å². The lowest BCUT2D eigenvalue weighted by Gasteiger charge is -2.32. The fraction of sp³-hybridized carbons (Fsp3) is 0.529. The van der Waals surface area contributed by atoms with Gasteiger partial charge in [0.25, 0.3) is 0 Å². The molecule has 1 aromatic carbocycles. The molecule has 1 aliphatic heterocycles. The van der Waals surface area contributed by atoms with Gasteiger partial charge < -0.3 is 10.2 Å². The van der Waals surface area contributed by atoms with Crippen molar-refractivity contribution in [1.29, 1.82) is 0 Å². The van der Waals surface area contributed by atoms with Crippen molar-refractivity contribution in [1.82, 2.24) is 25.5 Å². The normalized spacial score (nSPS) is 20.8. The lowest BCUT2D eigenvalue weighted by Crippen LogP contribution is -2.44. The second-order valence-electron chi connectivity index (χ2n) is 6.70. The van der Waals surface area contributed by atoms with Crippen molar-refractivity contribution in [2.24, 2.45) is 11.8 Å². The van der Waals surface area contributed by atoms with Gasteiger partial charge in [-0.25, -0.2) is 0 Å². The third-order valence-electron chi connectivity index (χ3n) is 4.79. The van der Waals surface area contributed by atoms with E-state index in [1.165, 1.54) is 12.8 Å². The number of anilines is 1. The number of tetrazole rings is 1. The number of rotatable bonds is 5. The van der Waals surface area contributed by atoms with Crippen LogP contribution in [0.1, 0.15) is 25.7 Å². The van der Waals surface area contributed by atoms with Crippen molar-refractivity contribution < 1.29 is 4.79 Å². The van der Waals surface area contributed by atoms with E-state index in [0.717, 1.165) is 31.6 Å². The zero-order valence-electron chi connectivity index (χ0n) is 13.6. The first-order valence-corrected chi connectivity index (χ1v) is 8.68. The highest BCUT2D eigenvalue weighted by Gasteiger charge is 2.30. The van der Waals surface area contributed by atoms with Gasteiger partial charge in [-0.15, -0.1) is 0 Å². The molecule has 1 aromatic heterocycles. The number of hydrogen-bond donors (Lipinski definition) is 1. The minimum Gasteiger partial charge on any atom is -0.356 e. The largest absolute Gasteiger partial charge is 0.356 e. The molecular weight excluding hydrogens is 304 g/mol. The molecule has 0 radical (unpaired) electrons. The van der Waals surface area contributed by atoms with E-state index in [-0.39, 0.29) is 11.8 Å². The van der Waals surface area contributed by atoms with Gasteiger partial charge in [-0.05, 0) is 54.2 Å². The molecular formula is C17H22N6O. The lowest BCUT2D eigenvalue weighted by molar-refractivity contribution is -0.125. The van der Waals surface area contributed by atoms with Gasteiger partial charge >= 0.3 is 0 Å². The first-order valence-electron chi connectivity index (χ1n) is 8.68. The number of carbonyl (C=O) groups excluding carboxylic acids is 1. The maximum absolute atomic E-state index is 12.4. The molecule has 2 fully saturated rings. The smallest absolute Gasteiger partial charge is 0.250 e. The fourth-order valence-corrected chi connectivity index (χ4v) is 3.20. The molecule has 1 aliphatic carbocycles. The molecule has 7 nitrogen and oxygen atoms in total. The van der Waals surface area contributed by atoms with E-state index in [2.05, 4.69) is 25.7 Å². The molecule has 126 valence electrons. The molecule has 1 atom stereocenters. The zero-order valence-corrected chi connectivity index (χ0v) is 13.6. The second kappa shape index (κ2) is 6.59. The number of nitrogens with zero attached hydrogens (tertiary/aromatic N) is 5. The Morgan fingerprint density at radius 2 is 2.04 bits per heavy atom. The summed E-state index contributed by atoms with van der Waals surface area (Å²) in [6.07, 6.45) is 4.41. The Hall–Kier alpha value is -2.44. The van der Waals surface area contributed by atoms with Crippen molar-refractivity contribution in [2.45, 2.75) is 25.7 Å². The number of nitrogens with one attached hydrogen (secondary N) is 1. The van der Waals surface area contributed by atoms with E-state index in [9.17, 15) is 4.79 Å². The predicted molar refractivity (Wildman–Crippen MR) is 89.8 cm³/mol. The molecule has 2 aromatic rings. The summed E-state index contributed by atoms with van der Waals surface area (Å²) < 4.78 is 1.74. The molecule has 1 N–H and O–H groups in total. The molecule has 1 saturated carbocycles.